The summed E-state index contributed by atoms with van der Waals surface area (Å²) in [6.45, 7) is 13.4. The molecule has 0 amide bonds. The van der Waals surface area contributed by atoms with Gasteiger partial charge in [0.25, 0.3) is 0 Å². The monoisotopic (exact) mass is 328 g/mol. The highest BCUT2D eigenvalue weighted by atomic mass is 16.5. The maximum absolute atomic E-state index is 11.5. The normalized spacial score (nSPS) is 21.4. The molecule has 1 aliphatic heterocycles. The predicted octanol–water partition coefficient (Wildman–Crippen LogP) is 2.87. The number of ether oxygens (including phenoxy) is 1. The fraction of sp³-hybridized carbons (Fsp3) is 0.450. The molecular formula is C20H28N2O2. The first-order chi connectivity index (χ1) is 11.6. The van der Waals surface area contributed by atoms with Gasteiger partial charge in [0.15, 0.2) is 0 Å². The number of carbonyl (C=O) groups is 1. The van der Waals surface area contributed by atoms with Gasteiger partial charge in [-0.1, -0.05) is 42.5 Å². The molecule has 2 atom stereocenters. The van der Waals surface area contributed by atoms with Crippen LogP contribution in [-0.4, -0.2) is 54.1 Å². The maximum Gasteiger partial charge on any atom is 0.302 e. The minimum absolute atomic E-state index is 0.0746. The molecule has 0 aliphatic carbocycles. The zero-order valence-electron chi connectivity index (χ0n) is 14.6. The van der Waals surface area contributed by atoms with Crippen LogP contribution in [0.25, 0.3) is 0 Å². The van der Waals surface area contributed by atoms with Crippen LogP contribution >= 0.6 is 0 Å². The van der Waals surface area contributed by atoms with E-state index < -0.39 is 0 Å². The molecule has 0 N–H and O–H groups in total. The standard InChI is InChI=1S/C20H28N2O2/c1-4-12-22(13-5-2)19-16-21(14-11-20(19)24-17(3)23)15-18-9-7-6-8-10-18/h4-10,19-20H,1-2,11-16H2,3H3/t19-,20-/m1/s1. The number of hydrogen-bond acceptors (Lipinski definition) is 4. The van der Waals surface area contributed by atoms with Crippen molar-refractivity contribution in [1.82, 2.24) is 9.80 Å². The van der Waals surface area contributed by atoms with Gasteiger partial charge in [-0.05, 0) is 12.0 Å². The molecule has 0 spiro atoms. The molecule has 1 saturated heterocycles. The number of carbonyl (C=O) groups excluding carboxylic acids is 1. The van der Waals surface area contributed by atoms with E-state index in [1.807, 2.05) is 18.2 Å². The highest BCUT2D eigenvalue weighted by molar-refractivity contribution is 5.66. The molecule has 4 nitrogen and oxygen atoms in total. The quantitative estimate of drug-likeness (QED) is 0.543. The molecule has 0 unspecified atom stereocenters. The zero-order chi connectivity index (χ0) is 17.4. The lowest BCUT2D eigenvalue weighted by molar-refractivity contribution is -0.153. The van der Waals surface area contributed by atoms with E-state index in [0.29, 0.717) is 0 Å². The zero-order valence-corrected chi connectivity index (χ0v) is 14.6. The molecule has 1 fully saturated rings. The lowest BCUT2D eigenvalue weighted by atomic mass is 9.99. The predicted molar refractivity (Wildman–Crippen MR) is 97.6 cm³/mol. The van der Waals surface area contributed by atoms with Crippen molar-refractivity contribution < 1.29 is 9.53 Å². The summed E-state index contributed by atoms with van der Waals surface area (Å²) >= 11 is 0. The van der Waals surface area contributed by atoms with Crippen LogP contribution in [0.1, 0.15) is 18.9 Å². The molecule has 0 radical (unpaired) electrons. The van der Waals surface area contributed by atoms with Crippen LogP contribution in [0, 0.1) is 0 Å². The van der Waals surface area contributed by atoms with Gasteiger partial charge < -0.3 is 4.74 Å². The summed E-state index contributed by atoms with van der Waals surface area (Å²) in [7, 11) is 0. The fourth-order valence-corrected chi connectivity index (χ4v) is 3.34. The molecule has 0 bridgehead atoms. The lowest BCUT2D eigenvalue weighted by Crippen LogP contribution is -2.56. The second-order valence-electron chi connectivity index (χ2n) is 6.26. The number of nitrogens with zero attached hydrogens (tertiary/aromatic N) is 2. The summed E-state index contributed by atoms with van der Waals surface area (Å²) in [6.07, 6.45) is 4.56. The maximum atomic E-state index is 11.5. The van der Waals surface area contributed by atoms with Crippen molar-refractivity contribution >= 4 is 5.97 Å². The van der Waals surface area contributed by atoms with E-state index in [1.165, 1.54) is 12.5 Å². The van der Waals surface area contributed by atoms with Gasteiger partial charge in [0.05, 0.1) is 6.04 Å². The Balaban J connectivity index is 2.10. The van der Waals surface area contributed by atoms with Crippen LogP contribution in [0.3, 0.4) is 0 Å². The van der Waals surface area contributed by atoms with Crippen LogP contribution in [0.15, 0.2) is 55.6 Å². The third kappa shape index (κ3) is 5.32. The molecule has 0 saturated carbocycles. The first-order valence-corrected chi connectivity index (χ1v) is 8.53. The number of hydrogen-bond donors (Lipinski definition) is 0. The Morgan fingerprint density at radius 2 is 1.96 bits per heavy atom. The van der Waals surface area contributed by atoms with Gasteiger partial charge in [0.2, 0.25) is 0 Å². The van der Waals surface area contributed by atoms with E-state index in [9.17, 15) is 4.79 Å². The smallest absolute Gasteiger partial charge is 0.302 e. The Labute approximate surface area is 145 Å². The van der Waals surface area contributed by atoms with Gasteiger partial charge >= 0.3 is 5.97 Å². The lowest BCUT2D eigenvalue weighted by Gasteiger charge is -2.43. The van der Waals surface area contributed by atoms with Crippen LogP contribution in [0.2, 0.25) is 0 Å². The minimum Gasteiger partial charge on any atom is -0.461 e. The van der Waals surface area contributed by atoms with Gasteiger partial charge in [0, 0.05) is 39.6 Å². The van der Waals surface area contributed by atoms with Crippen molar-refractivity contribution in [3.05, 3.63) is 61.2 Å². The van der Waals surface area contributed by atoms with E-state index in [1.54, 1.807) is 0 Å². The molecule has 1 heterocycles. The third-order valence-electron chi connectivity index (χ3n) is 4.37. The van der Waals surface area contributed by atoms with Gasteiger partial charge in [-0.15, -0.1) is 13.2 Å². The second kappa shape index (κ2) is 9.40. The highest BCUT2D eigenvalue weighted by Crippen LogP contribution is 2.21. The first-order valence-electron chi connectivity index (χ1n) is 8.53. The third-order valence-corrected chi connectivity index (χ3v) is 4.37. The van der Waals surface area contributed by atoms with Crippen LogP contribution in [-0.2, 0) is 16.1 Å². The summed E-state index contributed by atoms with van der Waals surface area (Å²) in [5, 5.41) is 0. The fourth-order valence-electron chi connectivity index (χ4n) is 3.34. The SMILES string of the molecule is C=CCN(CC=C)[C@@H]1CN(Cc2ccccc2)CC[C@H]1OC(C)=O. The summed E-state index contributed by atoms with van der Waals surface area (Å²) in [4.78, 5) is 16.2. The number of esters is 1. The van der Waals surface area contributed by atoms with Gasteiger partial charge in [-0.2, -0.15) is 0 Å². The highest BCUT2D eigenvalue weighted by Gasteiger charge is 2.34. The average Bonchev–Trinajstić information content (AvgIpc) is 2.56. The Bertz CT molecular complexity index is 534. The number of likely N-dealkylation sites (tertiary alicyclic amines) is 1. The van der Waals surface area contributed by atoms with Gasteiger partial charge in [0.1, 0.15) is 6.10 Å². The molecule has 0 aromatic heterocycles. The number of piperidine rings is 1. The molecule has 130 valence electrons. The first kappa shape index (κ1) is 18.4. The molecule has 2 rings (SSSR count). The van der Waals surface area contributed by atoms with E-state index in [2.05, 4.69) is 47.2 Å². The Morgan fingerprint density at radius 3 is 2.54 bits per heavy atom. The topological polar surface area (TPSA) is 32.8 Å². The minimum atomic E-state index is -0.210. The number of benzene rings is 1. The van der Waals surface area contributed by atoms with Crippen LogP contribution < -0.4 is 0 Å². The van der Waals surface area contributed by atoms with Gasteiger partial charge in [-0.3, -0.25) is 14.6 Å². The molecule has 1 aromatic carbocycles. The number of rotatable bonds is 8. The Morgan fingerprint density at radius 1 is 1.29 bits per heavy atom. The van der Waals surface area contributed by atoms with Crippen molar-refractivity contribution in [1.29, 1.82) is 0 Å². The van der Waals surface area contributed by atoms with E-state index in [4.69, 9.17) is 4.74 Å². The van der Waals surface area contributed by atoms with Gasteiger partial charge in [-0.25, -0.2) is 0 Å². The van der Waals surface area contributed by atoms with Crippen molar-refractivity contribution in [3.63, 3.8) is 0 Å². The van der Waals surface area contributed by atoms with Crippen LogP contribution in [0.4, 0.5) is 0 Å². The largest absolute Gasteiger partial charge is 0.461 e. The summed E-state index contributed by atoms with van der Waals surface area (Å²) in [6, 6.07) is 10.6. The molecule has 1 aromatic rings. The summed E-state index contributed by atoms with van der Waals surface area (Å²) < 4.78 is 5.60. The van der Waals surface area contributed by atoms with E-state index in [-0.39, 0.29) is 18.1 Å². The molecule has 1 aliphatic rings. The summed E-state index contributed by atoms with van der Waals surface area (Å²) in [5.74, 6) is -0.210. The second-order valence-corrected chi connectivity index (χ2v) is 6.26. The Hall–Kier alpha value is -1.91. The van der Waals surface area contributed by atoms with Crippen molar-refractivity contribution in [2.24, 2.45) is 0 Å². The van der Waals surface area contributed by atoms with E-state index in [0.717, 1.165) is 39.1 Å². The molecule has 24 heavy (non-hydrogen) atoms. The van der Waals surface area contributed by atoms with Crippen LogP contribution in [0.5, 0.6) is 0 Å². The molecular weight excluding hydrogens is 300 g/mol. The summed E-state index contributed by atoms with van der Waals surface area (Å²) in [5.41, 5.74) is 1.31. The molecule has 4 heteroatoms. The van der Waals surface area contributed by atoms with Crippen molar-refractivity contribution in [2.45, 2.75) is 32.0 Å². The average molecular weight is 328 g/mol. The van der Waals surface area contributed by atoms with Crippen molar-refractivity contribution in [3.8, 4) is 0 Å². The van der Waals surface area contributed by atoms with Crippen molar-refractivity contribution in [2.75, 3.05) is 26.2 Å². The van der Waals surface area contributed by atoms with E-state index >= 15 is 0 Å². The Kier molecular flexibility index (Phi) is 7.22.